The first kappa shape index (κ1) is 16.3. The highest BCUT2D eigenvalue weighted by atomic mass is 16.5. The van der Waals surface area contributed by atoms with E-state index < -0.39 is 6.10 Å². The lowest BCUT2D eigenvalue weighted by atomic mass is 10.3. The molecule has 17 heavy (non-hydrogen) atoms. The van der Waals surface area contributed by atoms with E-state index in [2.05, 4.69) is 10.6 Å². The van der Waals surface area contributed by atoms with Gasteiger partial charge in [-0.15, -0.1) is 0 Å². The van der Waals surface area contributed by atoms with E-state index in [-0.39, 0.29) is 12.5 Å². The maximum atomic E-state index is 11.1. The van der Waals surface area contributed by atoms with E-state index in [0.717, 1.165) is 0 Å². The molecule has 0 saturated heterocycles. The van der Waals surface area contributed by atoms with Crippen LogP contribution < -0.4 is 10.6 Å². The molecule has 6 heteroatoms. The summed E-state index contributed by atoms with van der Waals surface area (Å²) in [7, 11) is 1.60. The highest BCUT2D eigenvalue weighted by Crippen LogP contribution is 1.85. The zero-order valence-electron chi connectivity index (χ0n) is 10.7. The Labute approximate surface area is 103 Å². The van der Waals surface area contributed by atoms with Gasteiger partial charge in [0.2, 0.25) is 5.91 Å². The molecule has 0 bridgehead atoms. The van der Waals surface area contributed by atoms with Crippen molar-refractivity contribution in [1.29, 1.82) is 0 Å². The second-order valence-corrected chi connectivity index (χ2v) is 3.63. The molecule has 0 aliphatic carbocycles. The summed E-state index contributed by atoms with van der Waals surface area (Å²) in [4.78, 5) is 11.1. The van der Waals surface area contributed by atoms with Crippen LogP contribution in [0.3, 0.4) is 0 Å². The van der Waals surface area contributed by atoms with Crippen LogP contribution >= 0.6 is 0 Å². The molecule has 0 radical (unpaired) electrons. The molecule has 0 fully saturated rings. The van der Waals surface area contributed by atoms with Gasteiger partial charge >= 0.3 is 0 Å². The van der Waals surface area contributed by atoms with Crippen LogP contribution in [0.4, 0.5) is 0 Å². The van der Waals surface area contributed by atoms with E-state index in [1.165, 1.54) is 0 Å². The maximum absolute atomic E-state index is 11.1. The minimum atomic E-state index is -0.555. The van der Waals surface area contributed by atoms with Gasteiger partial charge in [0.25, 0.3) is 0 Å². The smallest absolute Gasteiger partial charge is 0.221 e. The molecule has 102 valence electrons. The number of carbonyl (C=O) groups is 1. The average molecular weight is 248 g/mol. The number of methoxy groups -OCH3 is 1. The summed E-state index contributed by atoms with van der Waals surface area (Å²) in [5.74, 6) is 0.0193. The minimum absolute atomic E-state index is 0.0193. The average Bonchev–Trinajstić information content (AvgIpc) is 2.31. The fraction of sp³-hybridized carbons (Fsp3) is 0.909. The Morgan fingerprint density at radius 2 is 2.18 bits per heavy atom. The summed E-state index contributed by atoms with van der Waals surface area (Å²) in [5, 5.41) is 15.2. The van der Waals surface area contributed by atoms with E-state index in [4.69, 9.17) is 9.47 Å². The van der Waals surface area contributed by atoms with Gasteiger partial charge < -0.3 is 25.2 Å². The van der Waals surface area contributed by atoms with Gasteiger partial charge in [0.05, 0.1) is 25.9 Å². The maximum Gasteiger partial charge on any atom is 0.221 e. The lowest BCUT2D eigenvalue weighted by molar-refractivity contribution is -0.120. The fourth-order valence-electron chi connectivity index (χ4n) is 1.18. The Morgan fingerprint density at radius 1 is 1.41 bits per heavy atom. The van der Waals surface area contributed by atoms with E-state index in [1.54, 1.807) is 7.11 Å². The molecule has 0 aromatic carbocycles. The van der Waals surface area contributed by atoms with Crippen molar-refractivity contribution in [1.82, 2.24) is 10.6 Å². The number of hydrogen-bond donors (Lipinski definition) is 3. The van der Waals surface area contributed by atoms with Crippen molar-refractivity contribution >= 4 is 5.91 Å². The van der Waals surface area contributed by atoms with Gasteiger partial charge in [0, 0.05) is 33.2 Å². The molecule has 1 atom stereocenters. The lowest BCUT2D eigenvalue weighted by Gasteiger charge is -2.12. The lowest BCUT2D eigenvalue weighted by Crippen LogP contribution is -2.33. The quantitative estimate of drug-likeness (QED) is 0.414. The van der Waals surface area contributed by atoms with E-state index in [0.29, 0.717) is 39.3 Å². The Kier molecular flexibility index (Phi) is 11.3. The van der Waals surface area contributed by atoms with Crippen molar-refractivity contribution in [3.05, 3.63) is 0 Å². The molecule has 0 spiro atoms. The third-order valence-electron chi connectivity index (χ3n) is 2.02. The topological polar surface area (TPSA) is 79.8 Å². The highest BCUT2D eigenvalue weighted by Gasteiger charge is 2.04. The second-order valence-electron chi connectivity index (χ2n) is 3.63. The summed E-state index contributed by atoms with van der Waals surface area (Å²) < 4.78 is 9.96. The third-order valence-corrected chi connectivity index (χ3v) is 2.02. The largest absolute Gasteiger partial charge is 0.389 e. The van der Waals surface area contributed by atoms with Crippen molar-refractivity contribution in [2.45, 2.75) is 19.4 Å². The first-order valence-corrected chi connectivity index (χ1v) is 5.92. The van der Waals surface area contributed by atoms with Gasteiger partial charge in [0.15, 0.2) is 0 Å². The van der Waals surface area contributed by atoms with Crippen LogP contribution in [-0.4, -0.2) is 63.7 Å². The molecule has 0 aromatic heterocycles. The number of carbonyl (C=O) groups excluding carboxylic acids is 1. The minimum Gasteiger partial charge on any atom is -0.389 e. The number of aliphatic hydroxyl groups is 1. The molecule has 1 unspecified atom stereocenters. The van der Waals surface area contributed by atoms with E-state index >= 15 is 0 Å². The SMILES string of the molecule is CCNC(=O)CCNCC(O)COCCOC. The third kappa shape index (κ3) is 11.6. The molecular weight excluding hydrogens is 224 g/mol. The molecule has 0 rings (SSSR count). The number of amides is 1. The molecule has 6 nitrogen and oxygen atoms in total. The molecule has 0 aliphatic heterocycles. The van der Waals surface area contributed by atoms with Crippen molar-refractivity contribution in [2.75, 3.05) is 46.6 Å². The van der Waals surface area contributed by atoms with Crippen LogP contribution in [0, 0.1) is 0 Å². The Hall–Kier alpha value is -0.690. The number of aliphatic hydroxyl groups excluding tert-OH is 1. The van der Waals surface area contributed by atoms with Gasteiger partial charge in [-0.3, -0.25) is 4.79 Å². The van der Waals surface area contributed by atoms with Crippen molar-refractivity contribution < 1.29 is 19.4 Å². The number of rotatable bonds is 11. The van der Waals surface area contributed by atoms with Gasteiger partial charge in [0.1, 0.15) is 0 Å². The normalized spacial score (nSPS) is 12.4. The van der Waals surface area contributed by atoms with Crippen LogP contribution in [0.25, 0.3) is 0 Å². The molecule has 0 saturated carbocycles. The molecule has 0 heterocycles. The summed E-state index contributed by atoms with van der Waals surface area (Å²) in [5.41, 5.74) is 0. The number of ether oxygens (including phenoxy) is 2. The first-order valence-electron chi connectivity index (χ1n) is 5.92. The van der Waals surface area contributed by atoms with Crippen LogP contribution in [0.2, 0.25) is 0 Å². The number of hydrogen-bond acceptors (Lipinski definition) is 5. The summed E-state index contributed by atoms with van der Waals surface area (Å²) >= 11 is 0. The molecule has 3 N–H and O–H groups in total. The van der Waals surface area contributed by atoms with E-state index in [9.17, 15) is 9.90 Å². The monoisotopic (exact) mass is 248 g/mol. The van der Waals surface area contributed by atoms with Gasteiger partial charge in [-0.2, -0.15) is 0 Å². The Bertz CT molecular complexity index is 190. The molecule has 0 aromatic rings. The summed E-state index contributed by atoms with van der Waals surface area (Å²) in [6, 6.07) is 0. The first-order chi connectivity index (χ1) is 8.20. The van der Waals surface area contributed by atoms with E-state index in [1.807, 2.05) is 6.92 Å². The van der Waals surface area contributed by atoms with Gasteiger partial charge in [-0.05, 0) is 6.92 Å². The molecule has 0 aliphatic rings. The molecule has 1 amide bonds. The Balaban J connectivity index is 3.26. The van der Waals surface area contributed by atoms with Crippen LogP contribution in [0.1, 0.15) is 13.3 Å². The Morgan fingerprint density at radius 3 is 2.82 bits per heavy atom. The van der Waals surface area contributed by atoms with Crippen LogP contribution in [0.5, 0.6) is 0 Å². The predicted octanol–water partition coefficient (Wildman–Crippen LogP) is -0.874. The zero-order chi connectivity index (χ0) is 12.9. The summed E-state index contributed by atoms with van der Waals surface area (Å²) in [6.45, 7) is 4.79. The van der Waals surface area contributed by atoms with Crippen molar-refractivity contribution in [3.8, 4) is 0 Å². The van der Waals surface area contributed by atoms with Crippen molar-refractivity contribution in [3.63, 3.8) is 0 Å². The van der Waals surface area contributed by atoms with Crippen LogP contribution in [0.15, 0.2) is 0 Å². The number of nitrogens with one attached hydrogen (secondary N) is 2. The zero-order valence-corrected chi connectivity index (χ0v) is 10.7. The fourth-order valence-corrected chi connectivity index (χ4v) is 1.18. The van der Waals surface area contributed by atoms with Gasteiger partial charge in [-0.1, -0.05) is 0 Å². The summed E-state index contributed by atoms with van der Waals surface area (Å²) in [6.07, 6.45) is -0.133. The van der Waals surface area contributed by atoms with Gasteiger partial charge in [-0.25, -0.2) is 0 Å². The second kappa shape index (κ2) is 11.8. The van der Waals surface area contributed by atoms with Crippen molar-refractivity contribution in [2.24, 2.45) is 0 Å². The van der Waals surface area contributed by atoms with Crippen LogP contribution in [-0.2, 0) is 14.3 Å². The standard InChI is InChI=1S/C11H24N2O4/c1-3-13-11(15)4-5-12-8-10(14)9-17-7-6-16-2/h10,12,14H,3-9H2,1-2H3,(H,13,15). The molecular formula is C11H24N2O4. The highest BCUT2D eigenvalue weighted by molar-refractivity contribution is 5.75. The predicted molar refractivity (Wildman–Crippen MR) is 64.9 cm³/mol.